The predicted molar refractivity (Wildman–Crippen MR) is 107 cm³/mol. The number of nitrogens with zero attached hydrogens (tertiary/aromatic N) is 1. The first kappa shape index (κ1) is 17.0. The zero-order valence-corrected chi connectivity index (χ0v) is 15.7. The van der Waals surface area contributed by atoms with Crippen molar-refractivity contribution in [1.82, 2.24) is 14.7 Å². The molecule has 5 nitrogen and oxygen atoms in total. The molecule has 0 bridgehead atoms. The fourth-order valence-corrected chi connectivity index (χ4v) is 4.32. The fourth-order valence-electron chi connectivity index (χ4n) is 2.80. The Labute approximate surface area is 161 Å². The monoisotopic (exact) mass is 401 g/mol. The lowest BCUT2D eigenvalue weighted by molar-refractivity contribution is 0.0956. The van der Waals surface area contributed by atoms with Crippen molar-refractivity contribution in [3.05, 3.63) is 78.3 Å². The van der Waals surface area contributed by atoms with E-state index in [9.17, 15) is 9.59 Å². The maximum absolute atomic E-state index is 12.7. The smallest absolute Gasteiger partial charge is 0.265 e. The standard InChI is InChI=1S/C18H12ClN3O2S2/c19-11-5-3-4-10(8-11)9-20-17(24)14-15-21-16(23)12-6-1-2-7-13(12)22(15)18(25)26-14/h1-8H,9H2,(H,20,24)(H,21,23). The highest BCUT2D eigenvalue weighted by atomic mass is 35.5. The van der Waals surface area contributed by atoms with Gasteiger partial charge in [0, 0.05) is 11.6 Å². The zero-order valence-electron chi connectivity index (χ0n) is 13.3. The number of para-hydroxylation sites is 1. The van der Waals surface area contributed by atoms with Crippen LogP contribution in [-0.2, 0) is 6.54 Å². The molecule has 26 heavy (non-hydrogen) atoms. The Morgan fingerprint density at radius 1 is 1.23 bits per heavy atom. The van der Waals surface area contributed by atoms with Crippen LogP contribution in [0.3, 0.4) is 0 Å². The summed E-state index contributed by atoms with van der Waals surface area (Å²) in [5, 5.41) is 3.98. The lowest BCUT2D eigenvalue weighted by atomic mass is 10.2. The lowest BCUT2D eigenvalue weighted by Gasteiger charge is -2.05. The van der Waals surface area contributed by atoms with Crippen LogP contribution in [0.5, 0.6) is 0 Å². The molecule has 0 aliphatic rings. The van der Waals surface area contributed by atoms with Crippen molar-refractivity contribution in [2.24, 2.45) is 0 Å². The lowest BCUT2D eigenvalue weighted by Crippen LogP contribution is -2.23. The van der Waals surface area contributed by atoms with Gasteiger partial charge in [-0.1, -0.05) is 47.2 Å². The molecular weight excluding hydrogens is 390 g/mol. The third kappa shape index (κ3) is 2.94. The Kier molecular flexibility index (Phi) is 4.36. The molecule has 2 N–H and O–H groups in total. The molecule has 2 heterocycles. The predicted octanol–water partition coefficient (Wildman–Crippen LogP) is 4.16. The van der Waals surface area contributed by atoms with Gasteiger partial charge in [0.25, 0.3) is 11.5 Å². The summed E-state index contributed by atoms with van der Waals surface area (Å²) in [6, 6.07) is 14.4. The van der Waals surface area contributed by atoms with Crippen LogP contribution in [0.15, 0.2) is 53.3 Å². The third-order valence-corrected chi connectivity index (χ3v) is 5.59. The summed E-state index contributed by atoms with van der Waals surface area (Å²) < 4.78 is 2.23. The van der Waals surface area contributed by atoms with Crippen molar-refractivity contribution in [3.8, 4) is 0 Å². The molecule has 130 valence electrons. The van der Waals surface area contributed by atoms with Crippen LogP contribution in [0, 0.1) is 3.95 Å². The van der Waals surface area contributed by atoms with E-state index >= 15 is 0 Å². The number of benzene rings is 2. The summed E-state index contributed by atoms with van der Waals surface area (Å²) >= 11 is 12.6. The number of carbonyl (C=O) groups is 1. The number of fused-ring (bicyclic) bond motifs is 3. The van der Waals surface area contributed by atoms with Crippen molar-refractivity contribution >= 4 is 57.6 Å². The minimum atomic E-state index is -0.297. The Hall–Kier alpha value is -2.48. The molecule has 0 fully saturated rings. The maximum atomic E-state index is 12.7. The van der Waals surface area contributed by atoms with Crippen molar-refractivity contribution in [3.63, 3.8) is 0 Å². The maximum Gasteiger partial charge on any atom is 0.265 e. The van der Waals surface area contributed by atoms with Crippen LogP contribution in [-0.4, -0.2) is 15.3 Å². The van der Waals surface area contributed by atoms with E-state index in [1.807, 2.05) is 24.3 Å². The largest absolute Gasteiger partial charge is 0.347 e. The van der Waals surface area contributed by atoms with E-state index in [2.05, 4.69) is 10.3 Å². The molecule has 8 heteroatoms. The molecule has 2 aromatic carbocycles. The molecule has 0 saturated heterocycles. The second-order valence-electron chi connectivity index (χ2n) is 5.66. The van der Waals surface area contributed by atoms with E-state index in [-0.39, 0.29) is 11.5 Å². The first-order valence-electron chi connectivity index (χ1n) is 7.74. The average molecular weight is 402 g/mol. The van der Waals surface area contributed by atoms with Crippen LogP contribution in [0.2, 0.25) is 5.02 Å². The van der Waals surface area contributed by atoms with Gasteiger partial charge in [-0.05, 0) is 42.0 Å². The van der Waals surface area contributed by atoms with E-state index in [0.717, 1.165) is 5.56 Å². The summed E-state index contributed by atoms with van der Waals surface area (Å²) in [4.78, 5) is 28.2. The van der Waals surface area contributed by atoms with Gasteiger partial charge in [0.2, 0.25) is 0 Å². The van der Waals surface area contributed by atoms with Gasteiger partial charge in [0.15, 0.2) is 3.95 Å². The van der Waals surface area contributed by atoms with E-state index in [4.69, 9.17) is 23.8 Å². The topological polar surface area (TPSA) is 66.4 Å². The minimum Gasteiger partial charge on any atom is -0.347 e. The number of carbonyl (C=O) groups excluding carboxylic acids is 1. The number of aromatic nitrogens is 2. The van der Waals surface area contributed by atoms with Crippen molar-refractivity contribution in [1.29, 1.82) is 0 Å². The summed E-state index contributed by atoms with van der Waals surface area (Å²) in [5.74, 6) is -0.297. The van der Waals surface area contributed by atoms with Crippen molar-refractivity contribution in [2.45, 2.75) is 6.54 Å². The number of rotatable bonds is 3. The summed E-state index contributed by atoms with van der Waals surface area (Å²) in [6.45, 7) is 0.327. The van der Waals surface area contributed by atoms with E-state index in [1.54, 1.807) is 28.7 Å². The summed E-state index contributed by atoms with van der Waals surface area (Å²) in [5.41, 5.74) is 1.72. The number of hydrogen-bond donors (Lipinski definition) is 2. The van der Waals surface area contributed by atoms with Crippen molar-refractivity contribution < 1.29 is 4.79 Å². The van der Waals surface area contributed by atoms with Crippen LogP contribution in [0.1, 0.15) is 15.2 Å². The van der Waals surface area contributed by atoms with E-state index < -0.39 is 0 Å². The van der Waals surface area contributed by atoms with Gasteiger partial charge in [0.1, 0.15) is 10.5 Å². The second-order valence-corrected chi connectivity index (χ2v) is 7.75. The SMILES string of the molecule is O=C(NCc1cccc(Cl)c1)c1sc(=S)n2c1[nH]c(=O)c1ccccc12. The zero-order chi connectivity index (χ0) is 18.3. The first-order chi connectivity index (χ1) is 12.5. The van der Waals surface area contributed by atoms with Crippen LogP contribution in [0.25, 0.3) is 16.6 Å². The Balaban J connectivity index is 1.76. The molecule has 0 atom stereocenters. The molecule has 0 radical (unpaired) electrons. The van der Waals surface area contributed by atoms with Crippen LogP contribution in [0.4, 0.5) is 0 Å². The third-order valence-electron chi connectivity index (χ3n) is 3.98. The average Bonchev–Trinajstić information content (AvgIpc) is 2.97. The quantitative estimate of drug-likeness (QED) is 0.507. The van der Waals surface area contributed by atoms with Crippen LogP contribution >= 0.6 is 35.2 Å². The highest BCUT2D eigenvalue weighted by Gasteiger charge is 2.17. The number of aromatic amines is 1. The molecule has 0 unspecified atom stereocenters. The Morgan fingerprint density at radius 2 is 2.04 bits per heavy atom. The van der Waals surface area contributed by atoms with Gasteiger partial charge in [0.05, 0.1) is 10.9 Å². The molecule has 1 amide bonds. The molecule has 2 aromatic heterocycles. The molecule has 4 rings (SSSR count). The normalized spacial score (nSPS) is 11.1. The van der Waals surface area contributed by atoms with Crippen molar-refractivity contribution in [2.75, 3.05) is 0 Å². The number of thiazole rings is 1. The molecule has 4 aromatic rings. The minimum absolute atomic E-state index is 0.253. The molecule has 0 aliphatic heterocycles. The summed E-state index contributed by atoms with van der Waals surface area (Å²) in [7, 11) is 0. The van der Waals surface area contributed by atoms with Crippen LogP contribution < -0.4 is 10.9 Å². The van der Waals surface area contributed by atoms with Gasteiger partial charge in [-0.15, -0.1) is 0 Å². The number of H-pyrrole nitrogens is 1. The van der Waals surface area contributed by atoms with Gasteiger partial charge in [-0.25, -0.2) is 0 Å². The molecule has 0 spiro atoms. The highest BCUT2D eigenvalue weighted by molar-refractivity contribution is 7.73. The Morgan fingerprint density at radius 3 is 2.85 bits per heavy atom. The van der Waals surface area contributed by atoms with Gasteiger partial charge in [-0.3, -0.25) is 14.0 Å². The fraction of sp³-hybridized carbons (Fsp3) is 0.0556. The van der Waals surface area contributed by atoms with Gasteiger partial charge < -0.3 is 10.3 Å². The van der Waals surface area contributed by atoms with E-state index in [1.165, 1.54) is 11.3 Å². The van der Waals surface area contributed by atoms with E-state index in [0.29, 0.717) is 36.9 Å². The second kappa shape index (κ2) is 6.68. The number of hydrogen-bond acceptors (Lipinski definition) is 4. The molecular formula is C18H12ClN3O2S2. The number of amides is 1. The number of halogens is 1. The van der Waals surface area contributed by atoms with Gasteiger partial charge >= 0.3 is 0 Å². The summed E-state index contributed by atoms with van der Waals surface area (Å²) in [6.07, 6.45) is 0. The molecule has 0 saturated carbocycles. The first-order valence-corrected chi connectivity index (χ1v) is 9.34. The van der Waals surface area contributed by atoms with Gasteiger partial charge in [-0.2, -0.15) is 0 Å². The molecule has 0 aliphatic carbocycles. The number of nitrogens with one attached hydrogen (secondary N) is 2. The highest BCUT2D eigenvalue weighted by Crippen LogP contribution is 2.22. The Bertz CT molecular complexity index is 1270.